The van der Waals surface area contributed by atoms with E-state index in [1.54, 1.807) is 0 Å². The topological polar surface area (TPSA) is 319 Å². The molecule has 218 valence electrons. The van der Waals surface area contributed by atoms with E-state index in [9.17, 15) is 47.1 Å². The van der Waals surface area contributed by atoms with Gasteiger partial charge in [-0.2, -0.15) is 0 Å². The minimum Gasteiger partial charge on any atom is -0.481 e. The molecule has 0 saturated carbocycles. The van der Waals surface area contributed by atoms with Crippen LogP contribution in [0.3, 0.4) is 0 Å². The van der Waals surface area contributed by atoms with E-state index in [1.165, 1.54) is 0 Å². The Morgan fingerprint density at radius 2 is 1.46 bits per heavy atom. The lowest BCUT2D eigenvalue weighted by Crippen LogP contribution is -2.56. The second-order valence-electron chi connectivity index (χ2n) is 8.24. The number of hydrogen-bond acceptors (Lipinski definition) is 10. The molecule has 1 saturated heterocycles. The highest BCUT2D eigenvalue weighted by molar-refractivity contribution is 7.92. The highest BCUT2D eigenvalue weighted by atomic mass is 32.2. The Kier molecular flexibility index (Phi) is 12.6. The monoisotopic (exact) mass is 578 g/mol. The van der Waals surface area contributed by atoms with Gasteiger partial charge in [-0.25, -0.2) is 13.2 Å². The van der Waals surface area contributed by atoms with Gasteiger partial charge in [-0.15, -0.1) is 0 Å². The number of nitrogens with zero attached hydrogens (tertiary/aromatic N) is 1. The fourth-order valence-electron chi connectivity index (χ4n) is 3.13. The standard InChI is InChI=1S/C19H30N8O11S/c20-19(21)22-3-1-2-9-16(33)24-6-13(29)26-10(4-15(31)32)17(34)27-11(18(35)36)7-39(37,38)8-14(30)23-5-12(28)25-9/h9-11H,1-8H2,(H,23,30)(H,24,33)(H,25,28)(H,26,29)(H,27,34)(H,31,32)(H,35,36)(H4,20,21,22)/t9-,10-,11-/m0/s1. The number of sulfone groups is 1. The van der Waals surface area contributed by atoms with Gasteiger partial charge >= 0.3 is 11.9 Å². The van der Waals surface area contributed by atoms with Gasteiger partial charge in [0.2, 0.25) is 29.5 Å². The smallest absolute Gasteiger partial charge is 0.327 e. The van der Waals surface area contributed by atoms with Crippen molar-refractivity contribution in [1.29, 1.82) is 0 Å². The average molecular weight is 579 g/mol. The molecule has 0 radical (unpaired) electrons. The summed E-state index contributed by atoms with van der Waals surface area (Å²) in [6.07, 6.45) is -0.853. The zero-order valence-corrected chi connectivity index (χ0v) is 21.3. The molecule has 5 amide bonds. The third-order valence-corrected chi connectivity index (χ3v) is 6.43. The predicted molar refractivity (Wildman–Crippen MR) is 130 cm³/mol. The SMILES string of the molecule is NC(N)=NCCC[C@@H]1NC(=O)CNC(=O)CS(=O)(=O)C[C@@H](C(=O)O)NC(=O)[C@H](CC(=O)O)NC(=O)CNC1=O. The lowest BCUT2D eigenvalue weighted by atomic mass is 10.1. The molecule has 0 aromatic heterocycles. The number of rotatable bonds is 7. The van der Waals surface area contributed by atoms with Crippen LogP contribution in [-0.2, 0) is 43.4 Å². The number of aliphatic carboxylic acids is 2. The minimum atomic E-state index is -4.48. The predicted octanol–water partition coefficient (Wildman–Crippen LogP) is -6.29. The number of nitrogens with two attached hydrogens (primary N) is 2. The fourth-order valence-corrected chi connectivity index (χ4v) is 4.48. The molecule has 39 heavy (non-hydrogen) atoms. The molecule has 0 spiro atoms. The van der Waals surface area contributed by atoms with Crippen LogP contribution in [0.1, 0.15) is 19.3 Å². The first kappa shape index (κ1) is 32.5. The Bertz CT molecular complexity index is 1120. The molecule has 0 aromatic carbocycles. The molecular formula is C19H30N8O11S. The molecule has 11 N–H and O–H groups in total. The minimum absolute atomic E-state index is 0.0288. The van der Waals surface area contributed by atoms with Crippen molar-refractivity contribution in [3.63, 3.8) is 0 Å². The maximum Gasteiger partial charge on any atom is 0.327 e. The van der Waals surface area contributed by atoms with E-state index in [0.717, 1.165) is 0 Å². The normalized spacial score (nSPS) is 23.4. The summed E-state index contributed by atoms with van der Waals surface area (Å²) in [4.78, 5) is 88.3. The second kappa shape index (κ2) is 15.1. The number of carbonyl (C=O) groups is 7. The zero-order chi connectivity index (χ0) is 29.8. The van der Waals surface area contributed by atoms with Crippen LogP contribution in [0, 0.1) is 0 Å². The summed E-state index contributed by atoms with van der Waals surface area (Å²) in [7, 11) is -4.48. The van der Waals surface area contributed by atoms with Gasteiger partial charge < -0.3 is 48.3 Å². The maximum atomic E-state index is 12.6. The molecule has 1 aliphatic heterocycles. The number of guanidine groups is 1. The number of hydrogen-bond donors (Lipinski definition) is 9. The summed E-state index contributed by atoms with van der Waals surface area (Å²) in [5.74, 6) is -11.4. The number of carboxylic acid groups (broad SMARTS) is 2. The number of aliphatic imine (C=N–C) groups is 1. The van der Waals surface area contributed by atoms with Gasteiger partial charge in [0.1, 0.15) is 23.9 Å². The molecule has 3 atom stereocenters. The fraction of sp³-hybridized carbons (Fsp3) is 0.579. The third-order valence-electron chi connectivity index (χ3n) is 4.88. The summed E-state index contributed by atoms with van der Waals surface area (Å²) in [5, 5.41) is 28.7. The van der Waals surface area contributed by atoms with Crippen molar-refractivity contribution in [1.82, 2.24) is 26.6 Å². The van der Waals surface area contributed by atoms with Crippen LogP contribution in [0.5, 0.6) is 0 Å². The van der Waals surface area contributed by atoms with Crippen LogP contribution in [0.2, 0.25) is 0 Å². The number of carbonyl (C=O) groups excluding carboxylic acids is 5. The van der Waals surface area contributed by atoms with Gasteiger partial charge in [0, 0.05) is 6.54 Å². The Morgan fingerprint density at radius 1 is 0.872 bits per heavy atom. The van der Waals surface area contributed by atoms with Crippen molar-refractivity contribution >= 4 is 57.3 Å². The molecule has 0 bridgehead atoms. The number of nitrogens with one attached hydrogen (secondary N) is 5. The quantitative estimate of drug-likeness (QED) is 0.0772. The van der Waals surface area contributed by atoms with Gasteiger partial charge in [0.25, 0.3) is 0 Å². The van der Waals surface area contributed by atoms with Gasteiger partial charge in [0.15, 0.2) is 15.8 Å². The van der Waals surface area contributed by atoms with Crippen LogP contribution in [0.4, 0.5) is 0 Å². The van der Waals surface area contributed by atoms with Crippen molar-refractivity contribution in [2.45, 2.75) is 37.4 Å². The van der Waals surface area contributed by atoms with Crippen molar-refractivity contribution in [2.75, 3.05) is 31.1 Å². The molecule has 0 unspecified atom stereocenters. The first-order chi connectivity index (χ1) is 18.1. The Morgan fingerprint density at radius 3 is 2.03 bits per heavy atom. The van der Waals surface area contributed by atoms with Crippen LogP contribution in [0.25, 0.3) is 0 Å². The van der Waals surface area contributed by atoms with E-state index in [4.69, 9.17) is 16.6 Å². The summed E-state index contributed by atoms with van der Waals surface area (Å²) in [6, 6.07) is -5.22. The first-order valence-electron chi connectivity index (χ1n) is 11.2. The van der Waals surface area contributed by atoms with E-state index in [2.05, 4.69) is 15.6 Å². The van der Waals surface area contributed by atoms with E-state index in [1.807, 2.05) is 16.0 Å². The van der Waals surface area contributed by atoms with Crippen molar-refractivity contribution in [2.24, 2.45) is 16.5 Å². The van der Waals surface area contributed by atoms with Gasteiger partial charge in [-0.1, -0.05) is 0 Å². The molecule has 20 heteroatoms. The van der Waals surface area contributed by atoms with E-state index >= 15 is 0 Å². The molecule has 1 aliphatic rings. The van der Waals surface area contributed by atoms with Crippen LogP contribution in [0.15, 0.2) is 4.99 Å². The number of amides is 5. The molecular weight excluding hydrogens is 548 g/mol. The third kappa shape index (κ3) is 13.0. The first-order valence-corrected chi connectivity index (χ1v) is 13.1. The van der Waals surface area contributed by atoms with Gasteiger partial charge in [-0.05, 0) is 12.8 Å². The van der Waals surface area contributed by atoms with Crippen molar-refractivity contribution < 1.29 is 52.2 Å². The highest BCUT2D eigenvalue weighted by Gasteiger charge is 2.33. The average Bonchev–Trinajstić information content (AvgIpc) is 2.80. The molecule has 19 nitrogen and oxygen atoms in total. The summed E-state index contributed by atoms with van der Waals surface area (Å²) in [6.45, 7) is -1.45. The van der Waals surface area contributed by atoms with E-state index < -0.39 is 100 Å². The Labute approximate surface area is 221 Å². The molecule has 1 fully saturated rings. The van der Waals surface area contributed by atoms with E-state index in [-0.39, 0.29) is 25.3 Å². The molecule has 0 aromatic rings. The molecule has 0 aliphatic carbocycles. The van der Waals surface area contributed by atoms with Gasteiger partial charge in [0.05, 0.1) is 25.3 Å². The highest BCUT2D eigenvalue weighted by Crippen LogP contribution is 2.02. The lowest BCUT2D eigenvalue weighted by molar-refractivity contribution is -0.143. The van der Waals surface area contributed by atoms with Crippen LogP contribution in [-0.4, -0.2) is 115 Å². The van der Waals surface area contributed by atoms with Crippen LogP contribution < -0.4 is 38.1 Å². The Balaban J connectivity index is 3.22. The molecule has 1 rings (SSSR count). The van der Waals surface area contributed by atoms with Crippen LogP contribution >= 0.6 is 0 Å². The zero-order valence-electron chi connectivity index (χ0n) is 20.5. The summed E-state index contributed by atoms with van der Waals surface area (Å²) in [5.41, 5.74) is 10.5. The second-order valence-corrected chi connectivity index (χ2v) is 10.3. The maximum absolute atomic E-state index is 12.6. The van der Waals surface area contributed by atoms with Crippen molar-refractivity contribution in [3.05, 3.63) is 0 Å². The molecule has 1 heterocycles. The summed E-state index contributed by atoms with van der Waals surface area (Å²) < 4.78 is 24.7. The van der Waals surface area contributed by atoms with Gasteiger partial charge in [-0.3, -0.25) is 33.8 Å². The largest absolute Gasteiger partial charge is 0.481 e. The number of carboxylic acids is 2. The van der Waals surface area contributed by atoms with E-state index in [0.29, 0.717) is 0 Å². The Hall–Kier alpha value is -4.49. The summed E-state index contributed by atoms with van der Waals surface area (Å²) >= 11 is 0. The lowest BCUT2D eigenvalue weighted by Gasteiger charge is -2.22. The van der Waals surface area contributed by atoms with Crippen molar-refractivity contribution in [3.8, 4) is 0 Å².